The molecule has 0 fully saturated rings. The molecule has 1 aromatic rings. The highest BCUT2D eigenvalue weighted by Crippen LogP contribution is 2.13. The molecule has 0 amide bonds. The highest BCUT2D eigenvalue weighted by atomic mass is 79.9. The molecule has 1 rings (SSSR count). The molecule has 4 heteroatoms. The Morgan fingerprint density at radius 3 is 2.69 bits per heavy atom. The molecule has 0 unspecified atom stereocenters. The maximum Gasteiger partial charge on any atom is 0.315 e. The van der Waals surface area contributed by atoms with Gasteiger partial charge < -0.3 is 4.74 Å². The van der Waals surface area contributed by atoms with E-state index >= 15 is 0 Å². The fourth-order valence-corrected chi connectivity index (χ4v) is 0.878. The second kappa shape index (κ2) is 4.37. The molecule has 0 aromatic carbocycles. The van der Waals surface area contributed by atoms with Gasteiger partial charge in [0.25, 0.3) is 0 Å². The van der Waals surface area contributed by atoms with E-state index in [1.54, 1.807) is 32.2 Å². The van der Waals surface area contributed by atoms with E-state index in [0.717, 1.165) is 4.47 Å². The lowest BCUT2D eigenvalue weighted by molar-refractivity contribution is -0.138. The fourth-order valence-electron chi connectivity index (χ4n) is 0.644. The van der Waals surface area contributed by atoms with E-state index in [9.17, 15) is 4.79 Å². The SMILES string of the molecule is CC(C)C(=O)Oc1ccc(Br)cn1. The minimum Gasteiger partial charge on any atom is -0.407 e. The molecule has 70 valence electrons. The first-order chi connectivity index (χ1) is 6.09. The number of rotatable bonds is 2. The number of carbonyl (C=O) groups excluding carboxylic acids is 1. The van der Waals surface area contributed by atoms with Crippen molar-refractivity contribution >= 4 is 21.9 Å². The molecule has 0 aliphatic rings. The summed E-state index contributed by atoms with van der Waals surface area (Å²) in [5.41, 5.74) is 0. The van der Waals surface area contributed by atoms with Crippen molar-refractivity contribution in [1.29, 1.82) is 0 Å². The topological polar surface area (TPSA) is 39.2 Å². The third-order valence-electron chi connectivity index (χ3n) is 1.38. The number of carbonyl (C=O) groups is 1. The number of hydrogen-bond donors (Lipinski definition) is 0. The maximum atomic E-state index is 11.1. The molecule has 0 atom stereocenters. The van der Waals surface area contributed by atoms with Crippen LogP contribution < -0.4 is 4.74 Å². The second-order valence-corrected chi connectivity index (χ2v) is 3.81. The molecule has 0 N–H and O–H groups in total. The Hall–Kier alpha value is -0.900. The monoisotopic (exact) mass is 243 g/mol. The molecule has 0 saturated heterocycles. The summed E-state index contributed by atoms with van der Waals surface area (Å²) >= 11 is 3.24. The maximum absolute atomic E-state index is 11.1. The van der Waals surface area contributed by atoms with Crippen molar-refractivity contribution in [2.24, 2.45) is 5.92 Å². The van der Waals surface area contributed by atoms with Gasteiger partial charge in [0.2, 0.25) is 5.88 Å². The van der Waals surface area contributed by atoms with Crippen LogP contribution in [0.5, 0.6) is 5.88 Å². The molecule has 0 aliphatic heterocycles. The Morgan fingerprint density at radius 2 is 2.23 bits per heavy atom. The van der Waals surface area contributed by atoms with Crippen LogP contribution in [0.15, 0.2) is 22.8 Å². The van der Waals surface area contributed by atoms with Crippen molar-refractivity contribution in [3.63, 3.8) is 0 Å². The zero-order valence-electron chi connectivity index (χ0n) is 7.45. The first kappa shape index (κ1) is 10.2. The molecular formula is C9H10BrNO2. The standard InChI is InChI=1S/C9H10BrNO2/c1-6(2)9(12)13-8-4-3-7(10)5-11-8/h3-6H,1-2H3. The third-order valence-corrected chi connectivity index (χ3v) is 1.85. The minimum atomic E-state index is -0.269. The number of aromatic nitrogens is 1. The van der Waals surface area contributed by atoms with Crippen LogP contribution in [0, 0.1) is 5.92 Å². The van der Waals surface area contributed by atoms with Crippen molar-refractivity contribution in [1.82, 2.24) is 4.98 Å². The Bertz CT molecular complexity index is 295. The molecule has 0 spiro atoms. The van der Waals surface area contributed by atoms with Gasteiger partial charge in [0.1, 0.15) is 0 Å². The van der Waals surface area contributed by atoms with Crippen molar-refractivity contribution < 1.29 is 9.53 Å². The first-order valence-corrected chi connectivity index (χ1v) is 4.72. The van der Waals surface area contributed by atoms with Crippen molar-refractivity contribution in [2.75, 3.05) is 0 Å². The molecule has 3 nitrogen and oxygen atoms in total. The summed E-state index contributed by atoms with van der Waals surface area (Å²) in [6, 6.07) is 3.42. The molecule has 13 heavy (non-hydrogen) atoms. The number of hydrogen-bond acceptors (Lipinski definition) is 3. The van der Waals surface area contributed by atoms with Crippen LogP contribution in [0.3, 0.4) is 0 Å². The fraction of sp³-hybridized carbons (Fsp3) is 0.333. The van der Waals surface area contributed by atoms with E-state index in [-0.39, 0.29) is 11.9 Å². The van der Waals surface area contributed by atoms with Crippen molar-refractivity contribution in [3.8, 4) is 5.88 Å². The molecule has 1 aromatic heterocycles. The molecule has 0 aliphatic carbocycles. The first-order valence-electron chi connectivity index (χ1n) is 3.93. The lowest BCUT2D eigenvalue weighted by atomic mass is 10.2. The van der Waals surface area contributed by atoms with E-state index < -0.39 is 0 Å². The van der Waals surface area contributed by atoms with Crippen LogP contribution in [-0.2, 0) is 4.79 Å². The summed E-state index contributed by atoms with van der Waals surface area (Å²) in [5.74, 6) is -0.0674. The molecule has 0 saturated carbocycles. The third kappa shape index (κ3) is 3.14. The average molecular weight is 244 g/mol. The van der Waals surface area contributed by atoms with Crippen molar-refractivity contribution in [2.45, 2.75) is 13.8 Å². The van der Waals surface area contributed by atoms with Gasteiger partial charge in [-0.3, -0.25) is 4.79 Å². The smallest absolute Gasteiger partial charge is 0.315 e. The number of pyridine rings is 1. The Morgan fingerprint density at radius 1 is 1.54 bits per heavy atom. The highest BCUT2D eigenvalue weighted by molar-refractivity contribution is 9.10. The van der Waals surface area contributed by atoms with E-state index in [2.05, 4.69) is 20.9 Å². The summed E-state index contributed by atoms with van der Waals surface area (Å²) in [4.78, 5) is 15.0. The summed E-state index contributed by atoms with van der Waals surface area (Å²) in [6.07, 6.45) is 1.59. The largest absolute Gasteiger partial charge is 0.407 e. The van der Waals surface area contributed by atoms with E-state index in [1.165, 1.54) is 0 Å². The Labute approximate surface area is 85.3 Å². The van der Waals surface area contributed by atoms with Crippen LogP contribution in [0.25, 0.3) is 0 Å². The zero-order valence-corrected chi connectivity index (χ0v) is 9.04. The second-order valence-electron chi connectivity index (χ2n) is 2.89. The normalized spacial score (nSPS) is 10.2. The van der Waals surface area contributed by atoms with Gasteiger partial charge in [-0.05, 0) is 22.0 Å². The Kier molecular flexibility index (Phi) is 3.42. The number of ether oxygens (including phenoxy) is 1. The van der Waals surface area contributed by atoms with Gasteiger partial charge in [0.05, 0.1) is 5.92 Å². The van der Waals surface area contributed by atoms with Gasteiger partial charge in [-0.15, -0.1) is 0 Å². The highest BCUT2D eigenvalue weighted by Gasteiger charge is 2.09. The summed E-state index contributed by atoms with van der Waals surface area (Å²) in [7, 11) is 0. The quantitative estimate of drug-likeness (QED) is 0.750. The van der Waals surface area contributed by atoms with Gasteiger partial charge in [-0.1, -0.05) is 13.8 Å². The van der Waals surface area contributed by atoms with E-state index in [4.69, 9.17) is 4.74 Å². The lowest BCUT2D eigenvalue weighted by Crippen LogP contribution is -2.15. The van der Waals surface area contributed by atoms with Crippen LogP contribution in [-0.4, -0.2) is 11.0 Å². The predicted octanol–water partition coefficient (Wildman–Crippen LogP) is 2.41. The predicted molar refractivity (Wildman–Crippen MR) is 52.4 cm³/mol. The number of esters is 1. The average Bonchev–Trinajstić information content (AvgIpc) is 2.08. The summed E-state index contributed by atoms with van der Waals surface area (Å²) in [6.45, 7) is 3.56. The summed E-state index contributed by atoms with van der Waals surface area (Å²) in [5, 5.41) is 0. The zero-order chi connectivity index (χ0) is 9.84. The van der Waals surface area contributed by atoms with Crippen LogP contribution in [0.1, 0.15) is 13.8 Å². The Balaban J connectivity index is 2.65. The van der Waals surface area contributed by atoms with E-state index in [1.807, 2.05) is 0 Å². The van der Waals surface area contributed by atoms with Gasteiger partial charge in [0.15, 0.2) is 0 Å². The van der Waals surface area contributed by atoms with Gasteiger partial charge in [-0.2, -0.15) is 0 Å². The van der Waals surface area contributed by atoms with Gasteiger partial charge in [-0.25, -0.2) is 4.98 Å². The van der Waals surface area contributed by atoms with Crippen LogP contribution in [0.2, 0.25) is 0 Å². The number of nitrogens with zero attached hydrogens (tertiary/aromatic N) is 1. The molecular weight excluding hydrogens is 234 g/mol. The lowest BCUT2D eigenvalue weighted by Gasteiger charge is -2.04. The molecule has 0 radical (unpaired) electrons. The van der Waals surface area contributed by atoms with Crippen molar-refractivity contribution in [3.05, 3.63) is 22.8 Å². The van der Waals surface area contributed by atoms with Gasteiger partial charge in [0, 0.05) is 16.7 Å². The number of halogens is 1. The summed E-state index contributed by atoms with van der Waals surface area (Å²) < 4.78 is 5.82. The van der Waals surface area contributed by atoms with E-state index in [0.29, 0.717) is 5.88 Å². The molecule has 1 heterocycles. The molecule has 0 bridgehead atoms. The van der Waals surface area contributed by atoms with Crippen LogP contribution >= 0.6 is 15.9 Å². The van der Waals surface area contributed by atoms with Crippen LogP contribution in [0.4, 0.5) is 0 Å². The van der Waals surface area contributed by atoms with Gasteiger partial charge >= 0.3 is 5.97 Å². The minimum absolute atomic E-state index is 0.134.